The van der Waals surface area contributed by atoms with Crippen LogP contribution in [0.3, 0.4) is 0 Å². The predicted molar refractivity (Wildman–Crippen MR) is 48.5 cm³/mol. The number of carbonyl (C=O) groups is 2. The fourth-order valence-corrected chi connectivity index (χ4v) is 1.18. The van der Waals surface area contributed by atoms with Gasteiger partial charge in [0.25, 0.3) is 0 Å². The topological polar surface area (TPSA) is 89.6 Å². The molecule has 14 heavy (non-hydrogen) atoms. The second kappa shape index (κ2) is 2.95. The minimum atomic E-state index is -1.40. The molecule has 0 saturated heterocycles. The zero-order valence-corrected chi connectivity index (χ0v) is 8.53. The molecule has 0 heterocycles. The molecule has 2 atom stereocenters. The van der Waals surface area contributed by atoms with Gasteiger partial charge in [0, 0.05) is 0 Å². The quantitative estimate of drug-likeness (QED) is 0.620. The van der Waals surface area contributed by atoms with E-state index < -0.39 is 29.0 Å². The molecular formula is C9H15NO4. The first-order valence-corrected chi connectivity index (χ1v) is 4.42. The summed E-state index contributed by atoms with van der Waals surface area (Å²) in [5.41, 5.74) is 3.45. The first-order chi connectivity index (χ1) is 6.17. The third-order valence-electron chi connectivity index (χ3n) is 2.09. The van der Waals surface area contributed by atoms with Gasteiger partial charge in [0.05, 0.1) is 5.92 Å². The molecule has 0 aliphatic heterocycles. The lowest BCUT2D eigenvalue weighted by Crippen LogP contribution is -2.38. The maximum atomic E-state index is 11.4. The molecule has 5 heteroatoms. The van der Waals surface area contributed by atoms with E-state index in [9.17, 15) is 9.59 Å². The highest BCUT2D eigenvalue weighted by Crippen LogP contribution is 2.42. The Kier molecular flexibility index (Phi) is 2.31. The van der Waals surface area contributed by atoms with Gasteiger partial charge in [0.1, 0.15) is 11.1 Å². The van der Waals surface area contributed by atoms with Crippen molar-refractivity contribution in [2.45, 2.75) is 38.3 Å². The second-order valence-corrected chi connectivity index (χ2v) is 4.64. The van der Waals surface area contributed by atoms with Crippen LogP contribution in [0.15, 0.2) is 0 Å². The number of ether oxygens (including phenoxy) is 1. The number of hydrogen-bond donors (Lipinski definition) is 2. The fourth-order valence-electron chi connectivity index (χ4n) is 1.18. The highest BCUT2D eigenvalue weighted by Gasteiger charge is 2.63. The maximum absolute atomic E-state index is 11.4. The first kappa shape index (κ1) is 11.0. The molecule has 0 amide bonds. The summed E-state index contributed by atoms with van der Waals surface area (Å²) >= 11 is 0. The van der Waals surface area contributed by atoms with Crippen molar-refractivity contribution in [1.29, 1.82) is 0 Å². The van der Waals surface area contributed by atoms with Crippen molar-refractivity contribution in [3.8, 4) is 0 Å². The van der Waals surface area contributed by atoms with Crippen LogP contribution >= 0.6 is 0 Å². The monoisotopic (exact) mass is 201 g/mol. The number of carbonyl (C=O) groups excluding carboxylic acids is 1. The molecule has 1 rings (SSSR count). The van der Waals surface area contributed by atoms with Crippen molar-refractivity contribution >= 4 is 11.9 Å². The van der Waals surface area contributed by atoms with Gasteiger partial charge in [-0.15, -0.1) is 0 Å². The molecule has 3 N–H and O–H groups in total. The maximum Gasteiger partial charge on any atom is 0.324 e. The van der Waals surface area contributed by atoms with E-state index in [2.05, 4.69) is 0 Å². The van der Waals surface area contributed by atoms with Crippen LogP contribution in [0, 0.1) is 5.92 Å². The number of rotatable bonds is 2. The zero-order valence-electron chi connectivity index (χ0n) is 8.53. The zero-order chi connectivity index (χ0) is 11.1. The smallest absolute Gasteiger partial charge is 0.324 e. The molecular weight excluding hydrogens is 186 g/mol. The number of hydrogen-bond acceptors (Lipinski definition) is 4. The minimum Gasteiger partial charge on any atom is -0.480 e. The van der Waals surface area contributed by atoms with Crippen LogP contribution in [0.2, 0.25) is 0 Å². The number of esters is 1. The van der Waals surface area contributed by atoms with E-state index >= 15 is 0 Å². The van der Waals surface area contributed by atoms with Crippen LogP contribution in [0.5, 0.6) is 0 Å². The first-order valence-electron chi connectivity index (χ1n) is 4.42. The van der Waals surface area contributed by atoms with Crippen LogP contribution in [-0.2, 0) is 14.3 Å². The fraction of sp³-hybridized carbons (Fsp3) is 0.778. The van der Waals surface area contributed by atoms with Gasteiger partial charge in [-0.3, -0.25) is 9.59 Å². The van der Waals surface area contributed by atoms with Crippen LogP contribution in [-0.4, -0.2) is 28.2 Å². The van der Waals surface area contributed by atoms with Crippen LogP contribution in [0.1, 0.15) is 27.2 Å². The van der Waals surface area contributed by atoms with E-state index in [0.717, 1.165) is 0 Å². The number of carboxylic acids is 1. The molecule has 1 aliphatic carbocycles. The van der Waals surface area contributed by atoms with Crippen molar-refractivity contribution in [2.75, 3.05) is 0 Å². The summed E-state index contributed by atoms with van der Waals surface area (Å²) in [7, 11) is 0. The normalized spacial score (nSPS) is 31.0. The van der Waals surface area contributed by atoms with Gasteiger partial charge < -0.3 is 15.6 Å². The Morgan fingerprint density at radius 1 is 1.50 bits per heavy atom. The van der Waals surface area contributed by atoms with Crippen LogP contribution < -0.4 is 5.73 Å². The average molecular weight is 201 g/mol. The molecule has 5 nitrogen and oxygen atoms in total. The molecule has 0 spiro atoms. The van der Waals surface area contributed by atoms with Gasteiger partial charge in [0.15, 0.2) is 0 Å². The Labute approximate surface area is 82.2 Å². The number of carboxylic acid groups (broad SMARTS) is 1. The molecule has 80 valence electrons. The summed E-state index contributed by atoms with van der Waals surface area (Å²) in [6.07, 6.45) is 0.164. The summed E-state index contributed by atoms with van der Waals surface area (Å²) in [6, 6.07) is 0. The van der Waals surface area contributed by atoms with Gasteiger partial charge in [0.2, 0.25) is 0 Å². The molecule has 1 fully saturated rings. The molecule has 1 saturated carbocycles. The van der Waals surface area contributed by atoms with Gasteiger partial charge in [-0.25, -0.2) is 0 Å². The molecule has 0 radical (unpaired) electrons. The largest absolute Gasteiger partial charge is 0.480 e. The Morgan fingerprint density at radius 2 is 2.00 bits per heavy atom. The molecule has 0 bridgehead atoms. The van der Waals surface area contributed by atoms with Crippen LogP contribution in [0.4, 0.5) is 0 Å². The summed E-state index contributed by atoms with van der Waals surface area (Å²) in [5, 5.41) is 8.70. The molecule has 0 unspecified atom stereocenters. The lowest BCUT2D eigenvalue weighted by atomic mass is 10.2. The van der Waals surface area contributed by atoms with E-state index in [-0.39, 0.29) is 6.42 Å². The summed E-state index contributed by atoms with van der Waals surface area (Å²) in [4.78, 5) is 22.0. The Hall–Kier alpha value is -1.10. The highest BCUT2D eigenvalue weighted by atomic mass is 16.6. The van der Waals surface area contributed by atoms with Crippen molar-refractivity contribution < 1.29 is 19.4 Å². The highest BCUT2D eigenvalue weighted by molar-refractivity contribution is 5.93. The molecule has 0 aromatic carbocycles. The lowest BCUT2D eigenvalue weighted by Gasteiger charge is -2.19. The second-order valence-electron chi connectivity index (χ2n) is 4.64. The van der Waals surface area contributed by atoms with E-state index in [4.69, 9.17) is 15.6 Å². The molecule has 1 aliphatic rings. The third kappa shape index (κ3) is 2.04. The SMILES string of the molecule is CC(C)(C)OC(=O)[C@H]1C[C@]1(N)C(=O)O. The van der Waals surface area contributed by atoms with Crippen LogP contribution in [0.25, 0.3) is 0 Å². The Bertz CT molecular complexity index is 281. The lowest BCUT2D eigenvalue weighted by molar-refractivity contribution is -0.158. The Balaban J connectivity index is 2.56. The van der Waals surface area contributed by atoms with E-state index in [1.807, 2.05) is 0 Å². The van der Waals surface area contributed by atoms with Gasteiger partial charge in [-0.2, -0.15) is 0 Å². The van der Waals surface area contributed by atoms with Crippen molar-refractivity contribution in [3.05, 3.63) is 0 Å². The third-order valence-corrected chi connectivity index (χ3v) is 2.09. The van der Waals surface area contributed by atoms with E-state index in [0.29, 0.717) is 0 Å². The van der Waals surface area contributed by atoms with Gasteiger partial charge in [-0.1, -0.05) is 0 Å². The Morgan fingerprint density at radius 3 is 2.29 bits per heavy atom. The van der Waals surface area contributed by atoms with E-state index in [1.165, 1.54) is 0 Å². The van der Waals surface area contributed by atoms with E-state index in [1.54, 1.807) is 20.8 Å². The van der Waals surface area contributed by atoms with Gasteiger partial charge >= 0.3 is 11.9 Å². The minimum absolute atomic E-state index is 0.164. The molecule has 0 aromatic heterocycles. The van der Waals surface area contributed by atoms with Crippen molar-refractivity contribution in [3.63, 3.8) is 0 Å². The molecule has 0 aromatic rings. The standard InChI is InChI=1S/C9H15NO4/c1-8(2,3)14-6(11)5-4-9(5,10)7(12)13/h5H,4,10H2,1-3H3,(H,12,13)/t5-,9-/m1/s1. The summed E-state index contributed by atoms with van der Waals surface area (Å²) in [5.74, 6) is -2.37. The van der Waals surface area contributed by atoms with Crippen molar-refractivity contribution in [1.82, 2.24) is 0 Å². The number of aliphatic carboxylic acids is 1. The van der Waals surface area contributed by atoms with Crippen molar-refractivity contribution in [2.24, 2.45) is 11.7 Å². The van der Waals surface area contributed by atoms with Gasteiger partial charge in [-0.05, 0) is 27.2 Å². The summed E-state index contributed by atoms with van der Waals surface area (Å²) in [6.45, 7) is 5.19. The number of nitrogens with two attached hydrogens (primary N) is 1. The average Bonchev–Trinajstić information content (AvgIpc) is 2.60. The summed E-state index contributed by atoms with van der Waals surface area (Å²) < 4.78 is 5.02. The predicted octanol–water partition coefficient (Wildman–Crippen LogP) is 0.130.